The summed E-state index contributed by atoms with van der Waals surface area (Å²) in [6.45, 7) is 1.38. The lowest BCUT2D eigenvalue weighted by atomic mass is 10.0. The highest BCUT2D eigenvalue weighted by molar-refractivity contribution is 7.90. The summed E-state index contributed by atoms with van der Waals surface area (Å²) in [6, 6.07) is 19.4. The van der Waals surface area contributed by atoms with E-state index in [1.807, 2.05) is 36.4 Å². The van der Waals surface area contributed by atoms with Crippen LogP contribution < -0.4 is 14.4 Å². The summed E-state index contributed by atoms with van der Waals surface area (Å²) >= 11 is 0. The van der Waals surface area contributed by atoms with Gasteiger partial charge in [-0.25, -0.2) is 18.1 Å². The first-order chi connectivity index (χ1) is 18.4. The van der Waals surface area contributed by atoms with Crippen LogP contribution in [0.2, 0.25) is 0 Å². The first kappa shape index (κ1) is 24.3. The molecule has 4 heterocycles. The summed E-state index contributed by atoms with van der Waals surface area (Å²) in [5, 5.41) is 0.805. The molecule has 194 valence electrons. The van der Waals surface area contributed by atoms with Crippen LogP contribution in [0.25, 0.3) is 22.2 Å². The Labute approximate surface area is 220 Å². The Balaban J connectivity index is 1.28. The summed E-state index contributed by atoms with van der Waals surface area (Å²) in [5.74, 6) is -0.677. The molecule has 10 heteroatoms. The lowest BCUT2D eigenvalue weighted by Crippen LogP contribution is -2.42. The van der Waals surface area contributed by atoms with Crippen LogP contribution in [0.3, 0.4) is 0 Å². The molecule has 0 saturated carbocycles. The van der Waals surface area contributed by atoms with Gasteiger partial charge in [-0.15, -0.1) is 0 Å². The van der Waals surface area contributed by atoms with Crippen molar-refractivity contribution in [1.82, 2.24) is 14.7 Å². The molecule has 38 heavy (non-hydrogen) atoms. The number of aromatic nitrogens is 2. The highest BCUT2D eigenvalue weighted by Crippen LogP contribution is 2.34. The molecule has 0 aliphatic carbocycles. The number of sulfonamides is 1. The van der Waals surface area contributed by atoms with Gasteiger partial charge in [0.1, 0.15) is 16.3 Å². The van der Waals surface area contributed by atoms with Gasteiger partial charge in [0, 0.05) is 35.9 Å². The van der Waals surface area contributed by atoms with Crippen molar-refractivity contribution in [3.8, 4) is 17.0 Å². The molecule has 4 aromatic rings. The lowest BCUT2D eigenvalue weighted by molar-refractivity contribution is 0.0305. The summed E-state index contributed by atoms with van der Waals surface area (Å²) in [4.78, 5) is 23.9. The third kappa shape index (κ3) is 4.57. The molecule has 2 fully saturated rings. The third-order valence-corrected chi connectivity index (χ3v) is 8.33. The average Bonchev–Trinajstić information content (AvgIpc) is 3.29. The number of carbonyl (C=O) groups is 1. The second kappa shape index (κ2) is 9.70. The molecule has 6 rings (SSSR count). The van der Waals surface area contributed by atoms with E-state index in [0.717, 1.165) is 35.2 Å². The number of rotatable bonds is 6. The number of morpholine rings is 1. The molecule has 2 saturated heterocycles. The number of methoxy groups -OCH3 is 1. The van der Waals surface area contributed by atoms with Crippen LogP contribution in [0.5, 0.6) is 5.75 Å². The minimum Gasteiger partial charge on any atom is -0.495 e. The molecule has 2 atom stereocenters. The molecule has 2 aliphatic heterocycles. The normalized spacial score (nSPS) is 18.9. The van der Waals surface area contributed by atoms with Crippen molar-refractivity contribution < 1.29 is 22.7 Å². The number of hydrogen-bond acceptors (Lipinski definition) is 8. The van der Waals surface area contributed by atoms with Crippen molar-refractivity contribution in [2.75, 3.05) is 25.1 Å². The zero-order valence-corrected chi connectivity index (χ0v) is 21.5. The van der Waals surface area contributed by atoms with Gasteiger partial charge in [-0.05, 0) is 61.4 Å². The topological polar surface area (TPSA) is 111 Å². The van der Waals surface area contributed by atoms with Crippen molar-refractivity contribution >= 4 is 32.5 Å². The van der Waals surface area contributed by atoms with Crippen LogP contribution in [0.4, 0.5) is 5.69 Å². The molecular formula is C28H26N4O5S. The fourth-order valence-electron chi connectivity index (χ4n) is 5.15. The highest BCUT2D eigenvalue weighted by Gasteiger charge is 2.34. The zero-order valence-electron chi connectivity index (χ0n) is 20.7. The number of carbonyl (C=O) groups excluding carboxylic acids is 1. The number of hydrogen-bond donors (Lipinski definition) is 1. The van der Waals surface area contributed by atoms with Gasteiger partial charge in [0.15, 0.2) is 0 Å². The standard InChI is InChI=1S/C28H26N4O5S/c1-36-26-13-8-18(32-16-19-9-10-20(17-32)37-19)15-27(26)38(34,35)31-28(33)25-12-11-22-21(5-4-7-24(22)30-25)23-6-2-3-14-29-23/h2-8,11-15,19-20H,9-10,16-17H2,1H3,(H,31,33). The predicted octanol–water partition coefficient (Wildman–Crippen LogP) is 3.79. The van der Waals surface area contributed by atoms with Crippen molar-refractivity contribution in [3.05, 3.63) is 78.6 Å². The van der Waals surface area contributed by atoms with Crippen molar-refractivity contribution in [2.24, 2.45) is 0 Å². The van der Waals surface area contributed by atoms with E-state index < -0.39 is 15.9 Å². The number of amides is 1. The fourth-order valence-corrected chi connectivity index (χ4v) is 6.30. The van der Waals surface area contributed by atoms with Crippen molar-refractivity contribution in [3.63, 3.8) is 0 Å². The Morgan fingerprint density at radius 1 is 1.03 bits per heavy atom. The molecule has 0 radical (unpaired) electrons. The van der Waals surface area contributed by atoms with Crippen LogP contribution in [0, 0.1) is 0 Å². The number of anilines is 1. The molecule has 2 aliphatic rings. The van der Waals surface area contributed by atoms with Crippen LogP contribution in [-0.2, 0) is 14.8 Å². The van der Waals surface area contributed by atoms with Crippen LogP contribution in [0.15, 0.2) is 77.8 Å². The van der Waals surface area contributed by atoms with Gasteiger partial charge in [0.25, 0.3) is 15.9 Å². The average molecular weight is 531 g/mol. The first-order valence-corrected chi connectivity index (χ1v) is 13.9. The first-order valence-electron chi connectivity index (χ1n) is 12.4. The number of fused-ring (bicyclic) bond motifs is 3. The van der Waals surface area contributed by atoms with Gasteiger partial charge in [-0.3, -0.25) is 9.78 Å². The van der Waals surface area contributed by atoms with E-state index in [1.54, 1.807) is 30.5 Å². The molecule has 2 aromatic carbocycles. The maximum absolute atomic E-state index is 13.4. The van der Waals surface area contributed by atoms with E-state index in [2.05, 4.69) is 19.6 Å². The quantitative estimate of drug-likeness (QED) is 0.401. The van der Waals surface area contributed by atoms with E-state index in [4.69, 9.17) is 9.47 Å². The summed E-state index contributed by atoms with van der Waals surface area (Å²) in [6.07, 6.45) is 4.00. The lowest BCUT2D eigenvalue weighted by Gasteiger charge is -2.34. The van der Waals surface area contributed by atoms with Crippen LogP contribution in [-0.4, -0.2) is 56.7 Å². The van der Waals surface area contributed by atoms with Crippen molar-refractivity contribution in [1.29, 1.82) is 0 Å². The maximum atomic E-state index is 13.4. The molecule has 1 N–H and O–H groups in total. The molecule has 2 unspecified atom stereocenters. The van der Waals surface area contributed by atoms with Crippen LogP contribution in [0.1, 0.15) is 23.3 Å². The van der Waals surface area contributed by atoms with Gasteiger partial charge < -0.3 is 14.4 Å². The summed E-state index contributed by atoms with van der Waals surface area (Å²) < 4.78 is 40.2. The molecule has 2 aromatic heterocycles. The van der Waals surface area contributed by atoms with E-state index in [9.17, 15) is 13.2 Å². The Morgan fingerprint density at radius 3 is 2.58 bits per heavy atom. The maximum Gasteiger partial charge on any atom is 0.283 e. The number of pyridine rings is 2. The smallest absolute Gasteiger partial charge is 0.283 e. The van der Waals surface area contributed by atoms with Crippen molar-refractivity contribution in [2.45, 2.75) is 29.9 Å². The Hall–Kier alpha value is -4.02. The van der Waals surface area contributed by atoms with E-state index in [0.29, 0.717) is 18.6 Å². The van der Waals surface area contributed by atoms with E-state index in [-0.39, 0.29) is 28.5 Å². The number of ether oxygens (including phenoxy) is 2. The van der Waals surface area contributed by atoms with E-state index >= 15 is 0 Å². The van der Waals surface area contributed by atoms with Gasteiger partial charge in [0.2, 0.25) is 0 Å². The van der Waals surface area contributed by atoms with Crippen LogP contribution >= 0.6 is 0 Å². The third-order valence-electron chi connectivity index (χ3n) is 6.98. The minimum absolute atomic E-state index is 0.0147. The summed E-state index contributed by atoms with van der Waals surface area (Å²) in [7, 11) is -2.86. The fraction of sp³-hybridized carbons (Fsp3) is 0.250. The Kier molecular flexibility index (Phi) is 6.21. The Bertz CT molecular complexity index is 1620. The molecular weight excluding hydrogens is 504 g/mol. The zero-order chi connectivity index (χ0) is 26.3. The largest absolute Gasteiger partial charge is 0.495 e. The number of nitrogens with zero attached hydrogens (tertiary/aromatic N) is 3. The molecule has 2 bridgehead atoms. The molecule has 9 nitrogen and oxygen atoms in total. The highest BCUT2D eigenvalue weighted by atomic mass is 32.2. The predicted molar refractivity (Wildman–Crippen MR) is 143 cm³/mol. The minimum atomic E-state index is -4.26. The van der Waals surface area contributed by atoms with Gasteiger partial charge in [0.05, 0.1) is 30.5 Å². The SMILES string of the molecule is COc1ccc(N2CC3CCC(C2)O3)cc1S(=O)(=O)NC(=O)c1ccc2c(-c3ccccn3)cccc2n1. The van der Waals surface area contributed by atoms with E-state index in [1.165, 1.54) is 13.2 Å². The number of benzene rings is 2. The second-order valence-electron chi connectivity index (χ2n) is 9.42. The molecule has 0 spiro atoms. The second-order valence-corrected chi connectivity index (χ2v) is 11.1. The Morgan fingerprint density at radius 2 is 1.84 bits per heavy atom. The monoisotopic (exact) mass is 530 g/mol. The number of nitrogens with one attached hydrogen (secondary N) is 1. The van der Waals surface area contributed by atoms with Gasteiger partial charge in [-0.1, -0.05) is 18.2 Å². The molecule has 1 amide bonds. The summed E-state index contributed by atoms with van der Waals surface area (Å²) in [5.41, 5.74) is 2.93. The van der Waals surface area contributed by atoms with Gasteiger partial charge in [-0.2, -0.15) is 0 Å². The van der Waals surface area contributed by atoms with Gasteiger partial charge >= 0.3 is 0 Å².